The molecule has 102 valence electrons. The number of carboxylic acids is 1. The molecule has 0 saturated carbocycles. The van der Waals surface area contributed by atoms with E-state index in [4.69, 9.17) is 14.6 Å². The fourth-order valence-corrected chi connectivity index (χ4v) is 1.88. The van der Waals surface area contributed by atoms with Gasteiger partial charge in [-0.1, -0.05) is 18.2 Å². The second kappa shape index (κ2) is 5.83. The van der Waals surface area contributed by atoms with E-state index >= 15 is 0 Å². The summed E-state index contributed by atoms with van der Waals surface area (Å²) in [5.41, 5.74) is 1.05. The SMILES string of the molecule is O=C(O)c1oc2ccccc2c1CNCC(O)CO. The maximum atomic E-state index is 11.1. The van der Waals surface area contributed by atoms with Crippen LogP contribution in [0.5, 0.6) is 0 Å². The Morgan fingerprint density at radius 1 is 1.37 bits per heavy atom. The molecule has 6 heteroatoms. The molecule has 6 nitrogen and oxygen atoms in total. The van der Waals surface area contributed by atoms with E-state index < -0.39 is 12.1 Å². The summed E-state index contributed by atoms with van der Waals surface area (Å²) in [6.07, 6.45) is -0.869. The van der Waals surface area contributed by atoms with Crippen LogP contribution in [0, 0.1) is 0 Å². The lowest BCUT2D eigenvalue weighted by Gasteiger charge is -2.08. The summed E-state index contributed by atoms with van der Waals surface area (Å²) in [6, 6.07) is 7.05. The molecule has 0 aliphatic rings. The molecule has 2 rings (SSSR count). The molecule has 0 saturated heterocycles. The minimum atomic E-state index is -1.13. The van der Waals surface area contributed by atoms with E-state index in [9.17, 15) is 9.90 Å². The molecule has 1 atom stereocenters. The Bertz CT molecular complexity index is 577. The van der Waals surface area contributed by atoms with Gasteiger partial charge < -0.3 is 25.1 Å². The van der Waals surface area contributed by atoms with E-state index in [2.05, 4.69) is 5.32 Å². The van der Waals surface area contributed by atoms with Crippen molar-refractivity contribution in [2.24, 2.45) is 0 Å². The third-order valence-corrected chi connectivity index (χ3v) is 2.79. The minimum absolute atomic E-state index is 0.104. The van der Waals surface area contributed by atoms with Crippen molar-refractivity contribution in [2.45, 2.75) is 12.6 Å². The van der Waals surface area contributed by atoms with Crippen LogP contribution in [0.2, 0.25) is 0 Å². The minimum Gasteiger partial charge on any atom is -0.475 e. The highest BCUT2D eigenvalue weighted by Crippen LogP contribution is 2.25. The molecule has 0 fully saturated rings. The number of nitrogens with one attached hydrogen (secondary N) is 1. The van der Waals surface area contributed by atoms with Crippen molar-refractivity contribution >= 4 is 16.9 Å². The third-order valence-electron chi connectivity index (χ3n) is 2.79. The van der Waals surface area contributed by atoms with Gasteiger partial charge in [0.25, 0.3) is 0 Å². The molecule has 4 N–H and O–H groups in total. The quantitative estimate of drug-likeness (QED) is 0.609. The number of aliphatic hydroxyl groups excluding tert-OH is 2. The van der Waals surface area contributed by atoms with Gasteiger partial charge in [-0.25, -0.2) is 4.79 Å². The predicted octanol–water partition coefficient (Wildman–Crippen LogP) is 0.574. The maximum absolute atomic E-state index is 11.1. The molecule has 19 heavy (non-hydrogen) atoms. The van der Waals surface area contributed by atoms with Gasteiger partial charge in [-0.05, 0) is 6.07 Å². The van der Waals surface area contributed by atoms with E-state index in [1.807, 2.05) is 0 Å². The van der Waals surface area contributed by atoms with E-state index in [0.717, 1.165) is 5.39 Å². The standard InChI is InChI=1S/C13H15NO5/c15-7-8(16)5-14-6-10-9-3-1-2-4-11(9)19-12(10)13(17)18/h1-4,8,14-16H,5-7H2,(H,17,18). The number of rotatable bonds is 6. The van der Waals surface area contributed by atoms with Crippen molar-refractivity contribution in [1.82, 2.24) is 5.32 Å². The van der Waals surface area contributed by atoms with Crippen molar-refractivity contribution in [3.8, 4) is 0 Å². The van der Waals surface area contributed by atoms with Gasteiger partial charge in [0.05, 0.1) is 12.7 Å². The number of fused-ring (bicyclic) bond motifs is 1. The lowest BCUT2D eigenvalue weighted by atomic mass is 10.1. The molecule has 2 aromatic rings. The Balaban J connectivity index is 2.24. The topological polar surface area (TPSA) is 103 Å². The number of hydrogen-bond acceptors (Lipinski definition) is 5. The van der Waals surface area contributed by atoms with Gasteiger partial charge >= 0.3 is 5.97 Å². The molecule has 1 heterocycles. The van der Waals surface area contributed by atoms with Crippen molar-refractivity contribution in [1.29, 1.82) is 0 Å². The van der Waals surface area contributed by atoms with Crippen molar-refractivity contribution in [3.63, 3.8) is 0 Å². The van der Waals surface area contributed by atoms with Crippen molar-refractivity contribution in [2.75, 3.05) is 13.2 Å². The zero-order chi connectivity index (χ0) is 13.8. The molecule has 1 unspecified atom stereocenters. The van der Waals surface area contributed by atoms with Crippen molar-refractivity contribution in [3.05, 3.63) is 35.6 Å². The first-order valence-corrected chi connectivity index (χ1v) is 5.86. The van der Waals surface area contributed by atoms with Crippen LogP contribution in [0.3, 0.4) is 0 Å². The predicted molar refractivity (Wildman–Crippen MR) is 68.0 cm³/mol. The monoisotopic (exact) mass is 265 g/mol. The highest BCUT2D eigenvalue weighted by atomic mass is 16.4. The second-order valence-electron chi connectivity index (χ2n) is 4.18. The normalized spacial score (nSPS) is 12.7. The first-order valence-electron chi connectivity index (χ1n) is 5.86. The van der Waals surface area contributed by atoms with Crippen LogP contribution in [-0.4, -0.2) is 40.5 Å². The number of para-hydroxylation sites is 1. The van der Waals surface area contributed by atoms with E-state index in [-0.39, 0.29) is 25.5 Å². The highest BCUT2D eigenvalue weighted by Gasteiger charge is 2.19. The lowest BCUT2D eigenvalue weighted by Crippen LogP contribution is -2.29. The van der Waals surface area contributed by atoms with Gasteiger partial charge in [0, 0.05) is 24.0 Å². The summed E-state index contributed by atoms with van der Waals surface area (Å²) in [4.78, 5) is 11.1. The largest absolute Gasteiger partial charge is 0.475 e. The smallest absolute Gasteiger partial charge is 0.372 e. The fraction of sp³-hybridized carbons (Fsp3) is 0.308. The van der Waals surface area contributed by atoms with Crippen LogP contribution < -0.4 is 5.32 Å². The summed E-state index contributed by atoms with van der Waals surface area (Å²) in [7, 11) is 0. The van der Waals surface area contributed by atoms with Crippen LogP contribution in [0.15, 0.2) is 28.7 Å². The van der Waals surface area contributed by atoms with Crippen LogP contribution in [-0.2, 0) is 6.54 Å². The maximum Gasteiger partial charge on any atom is 0.372 e. The Labute approximate surface area is 109 Å². The van der Waals surface area contributed by atoms with Gasteiger partial charge in [-0.2, -0.15) is 0 Å². The van der Waals surface area contributed by atoms with E-state index in [1.165, 1.54) is 0 Å². The number of furan rings is 1. The van der Waals surface area contributed by atoms with Gasteiger partial charge in [-0.3, -0.25) is 0 Å². The van der Waals surface area contributed by atoms with E-state index in [0.29, 0.717) is 11.1 Å². The van der Waals surface area contributed by atoms with Crippen LogP contribution in [0.25, 0.3) is 11.0 Å². The molecule has 0 aliphatic heterocycles. The summed E-state index contributed by atoms with van der Waals surface area (Å²) >= 11 is 0. The molecule has 1 aromatic heterocycles. The van der Waals surface area contributed by atoms with E-state index in [1.54, 1.807) is 24.3 Å². The number of hydrogen-bond donors (Lipinski definition) is 4. The first-order chi connectivity index (χ1) is 9.13. The summed E-state index contributed by atoms with van der Waals surface area (Å²) in [5.74, 6) is -1.23. The highest BCUT2D eigenvalue weighted by molar-refractivity contribution is 5.95. The van der Waals surface area contributed by atoms with Gasteiger partial charge in [0.1, 0.15) is 5.58 Å². The number of carboxylic acid groups (broad SMARTS) is 1. The Morgan fingerprint density at radius 3 is 2.79 bits per heavy atom. The summed E-state index contributed by atoms with van der Waals surface area (Å²) in [6.45, 7) is 0.0791. The summed E-state index contributed by atoms with van der Waals surface area (Å²) < 4.78 is 5.29. The molecule has 0 radical (unpaired) electrons. The molecular weight excluding hydrogens is 250 g/mol. The first kappa shape index (κ1) is 13.5. The zero-order valence-electron chi connectivity index (χ0n) is 10.2. The Hall–Kier alpha value is -1.89. The second-order valence-corrected chi connectivity index (χ2v) is 4.18. The fourth-order valence-electron chi connectivity index (χ4n) is 1.88. The van der Waals surface area contributed by atoms with Gasteiger partial charge in [-0.15, -0.1) is 0 Å². The molecule has 0 aliphatic carbocycles. The lowest BCUT2D eigenvalue weighted by molar-refractivity contribution is 0.0662. The Morgan fingerprint density at radius 2 is 2.11 bits per heavy atom. The molecular formula is C13H15NO5. The molecule has 0 bridgehead atoms. The van der Waals surface area contributed by atoms with Crippen LogP contribution >= 0.6 is 0 Å². The Kier molecular flexibility index (Phi) is 4.16. The average Bonchev–Trinajstić information content (AvgIpc) is 2.78. The number of aromatic carboxylic acids is 1. The molecule has 0 amide bonds. The van der Waals surface area contributed by atoms with Crippen LogP contribution in [0.4, 0.5) is 0 Å². The number of aliphatic hydroxyl groups is 2. The zero-order valence-corrected chi connectivity index (χ0v) is 10.2. The van der Waals surface area contributed by atoms with Gasteiger partial charge in [0.15, 0.2) is 0 Å². The van der Waals surface area contributed by atoms with Crippen molar-refractivity contribution < 1.29 is 24.5 Å². The molecule has 1 aromatic carbocycles. The number of carbonyl (C=O) groups is 1. The molecule has 0 spiro atoms. The third kappa shape index (κ3) is 2.93. The average molecular weight is 265 g/mol. The van der Waals surface area contributed by atoms with Crippen LogP contribution in [0.1, 0.15) is 16.1 Å². The summed E-state index contributed by atoms with van der Waals surface area (Å²) in [5, 5.41) is 30.7. The van der Waals surface area contributed by atoms with Gasteiger partial charge in [0.2, 0.25) is 5.76 Å². The number of benzene rings is 1.